The average Bonchev–Trinajstić information content (AvgIpc) is 2.91. The number of hydrogen-bond donors (Lipinski definition) is 1. The van der Waals surface area contributed by atoms with Gasteiger partial charge in [0.1, 0.15) is 5.82 Å². The van der Waals surface area contributed by atoms with E-state index in [0.29, 0.717) is 12.5 Å². The molecule has 104 valence electrons. The molecule has 6 nitrogen and oxygen atoms in total. The van der Waals surface area contributed by atoms with Crippen molar-refractivity contribution in [2.75, 3.05) is 6.54 Å². The lowest BCUT2D eigenvalue weighted by Gasteiger charge is -2.05. The second-order valence-electron chi connectivity index (χ2n) is 5.28. The van der Waals surface area contributed by atoms with Gasteiger partial charge in [0.2, 0.25) is 0 Å². The summed E-state index contributed by atoms with van der Waals surface area (Å²) in [5.74, 6) is 2.52. The minimum absolute atomic E-state index is 0.656. The number of imidazole rings is 1. The third kappa shape index (κ3) is 3.64. The minimum Gasteiger partial charge on any atom is -0.329 e. The Morgan fingerprint density at radius 3 is 2.74 bits per heavy atom. The number of nitrogens with zero attached hydrogens (tertiary/aromatic N) is 5. The van der Waals surface area contributed by atoms with Crippen molar-refractivity contribution >= 4 is 0 Å². The molecule has 0 atom stereocenters. The molecule has 19 heavy (non-hydrogen) atoms. The van der Waals surface area contributed by atoms with Gasteiger partial charge in [0, 0.05) is 19.8 Å². The molecule has 0 radical (unpaired) electrons. The summed E-state index contributed by atoms with van der Waals surface area (Å²) in [5.41, 5.74) is 1.06. The summed E-state index contributed by atoms with van der Waals surface area (Å²) in [6, 6.07) is 0. The van der Waals surface area contributed by atoms with E-state index in [1.807, 2.05) is 29.4 Å². The molecule has 0 spiro atoms. The molecule has 2 heterocycles. The molecule has 0 aliphatic rings. The highest BCUT2D eigenvalue weighted by atomic mass is 15.3. The van der Waals surface area contributed by atoms with Gasteiger partial charge in [-0.25, -0.2) is 4.98 Å². The Morgan fingerprint density at radius 1 is 1.32 bits per heavy atom. The van der Waals surface area contributed by atoms with Gasteiger partial charge in [0.15, 0.2) is 5.82 Å². The van der Waals surface area contributed by atoms with Crippen LogP contribution < -0.4 is 5.32 Å². The molecular formula is C13H22N6. The van der Waals surface area contributed by atoms with Crippen LogP contribution in [0.4, 0.5) is 0 Å². The summed E-state index contributed by atoms with van der Waals surface area (Å²) in [4.78, 5) is 4.39. The molecule has 0 unspecified atom stereocenters. The van der Waals surface area contributed by atoms with E-state index in [1.165, 1.54) is 0 Å². The lowest BCUT2D eigenvalue weighted by Crippen LogP contribution is -2.19. The summed E-state index contributed by atoms with van der Waals surface area (Å²) in [6.07, 6.45) is 3.90. The standard InChI is InChI=1S/C13H22N6/c1-10(2)5-14-6-12-7-19(9-15-12)8-13-17-16-11(3)18(13)4/h7,9-10,14H,5-6,8H2,1-4H3. The van der Waals surface area contributed by atoms with Gasteiger partial charge in [0.25, 0.3) is 0 Å². The zero-order valence-corrected chi connectivity index (χ0v) is 12.1. The normalized spacial score (nSPS) is 11.4. The van der Waals surface area contributed by atoms with Gasteiger partial charge in [-0.2, -0.15) is 0 Å². The lowest BCUT2D eigenvalue weighted by molar-refractivity contribution is 0.548. The smallest absolute Gasteiger partial charge is 0.152 e. The van der Waals surface area contributed by atoms with Crippen LogP contribution in [0.15, 0.2) is 12.5 Å². The molecule has 0 aromatic carbocycles. The Balaban J connectivity index is 1.92. The SMILES string of the molecule is Cc1nnc(Cn2cnc(CNCC(C)C)c2)n1C. The van der Waals surface area contributed by atoms with Crippen molar-refractivity contribution in [3.63, 3.8) is 0 Å². The van der Waals surface area contributed by atoms with E-state index in [4.69, 9.17) is 0 Å². The predicted octanol–water partition coefficient (Wildman–Crippen LogP) is 1.11. The first-order chi connectivity index (χ1) is 9.06. The maximum absolute atomic E-state index is 4.39. The highest BCUT2D eigenvalue weighted by Crippen LogP contribution is 2.03. The maximum Gasteiger partial charge on any atom is 0.152 e. The van der Waals surface area contributed by atoms with Crippen LogP contribution in [0.5, 0.6) is 0 Å². The van der Waals surface area contributed by atoms with Crippen LogP contribution in [-0.2, 0) is 20.1 Å². The molecule has 0 saturated heterocycles. The van der Waals surface area contributed by atoms with E-state index in [9.17, 15) is 0 Å². The maximum atomic E-state index is 4.39. The van der Waals surface area contributed by atoms with E-state index >= 15 is 0 Å². The van der Waals surface area contributed by atoms with E-state index in [-0.39, 0.29) is 0 Å². The van der Waals surface area contributed by atoms with Gasteiger partial charge in [-0.15, -0.1) is 10.2 Å². The molecule has 0 aliphatic carbocycles. The lowest BCUT2D eigenvalue weighted by atomic mass is 10.2. The van der Waals surface area contributed by atoms with Gasteiger partial charge >= 0.3 is 0 Å². The van der Waals surface area contributed by atoms with E-state index in [2.05, 4.69) is 40.5 Å². The van der Waals surface area contributed by atoms with Crippen LogP contribution in [-0.4, -0.2) is 30.9 Å². The Bertz CT molecular complexity index is 525. The van der Waals surface area contributed by atoms with Gasteiger partial charge < -0.3 is 14.5 Å². The average molecular weight is 262 g/mol. The third-order valence-corrected chi connectivity index (χ3v) is 3.05. The van der Waals surface area contributed by atoms with Crippen molar-refractivity contribution in [3.8, 4) is 0 Å². The van der Waals surface area contributed by atoms with Crippen LogP contribution in [0.2, 0.25) is 0 Å². The Hall–Kier alpha value is -1.69. The number of rotatable bonds is 6. The van der Waals surface area contributed by atoms with E-state index in [0.717, 1.165) is 30.4 Å². The van der Waals surface area contributed by atoms with Gasteiger partial charge in [-0.1, -0.05) is 13.8 Å². The molecule has 0 fully saturated rings. The molecule has 2 aromatic heterocycles. The molecule has 2 aromatic rings. The first-order valence-corrected chi connectivity index (χ1v) is 6.62. The Labute approximate surface area is 113 Å². The number of aromatic nitrogens is 5. The summed E-state index contributed by atoms with van der Waals surface area (Å²) in [5, 5.41) is 11.6. The van der Waals surface area contributed by atoms with Crippen molar-refractivity contribution < 1.29 is 0 Å². The van der Waals surface area contributed by atoms with Gasteiger partial charge in [0.05, 0.1) is 18.6 Å². The second-order valence-corrected chi connectivity index (χ2v) is 5.28. The zero-order valence-electron chi connectivity index (χ0n) is 12.1. The Morgan fingerprint density at radius 2 is 2.11 bits per heavy atom. The fourth-order valence-corrected chi connectivity index (χ4v) is 1.83. The van der Waals surface area contributed by atoms with Crippen molar-refractivity contribution in [1.82, 2.24) is 29.6 Å². The number of hydrogen-bond acceptors (Lipinski definition) is 4. The third-order valence-electron chi connectivity index (χ3n) is 3.05. The molecule has 0 aliphatic heterocycles. The monoisotopic (exact) mass is 262 g/mol. The fourth-order valence-electron chi connectivity index (χ4n) is 1.83. The van der Waals surface area contributed by atoms with Crippen LogP contribution in [0.3, 0.4) is 0 Å². The first kappa shape index (κ1) is 13.7. The van der Waals surface area contributed by atoms with E-state index in [1.54, 1.807) is 0 Å². The number of aryl methyl sites for hydroxylation is 1. The fraction of sp³-hybridized carbons (Fsp3) is 0.615. The first-order valence-electron chi connectivity index (χ1n) is 6.62. The molecule has 6 heteroatoms. The summed E-state index contributed by atoms with van der Waals surface area (Å²) in [7, 11) is 1.98. The van der Waals surface area contributed by atoms with Gasteiger partial charge in [-0.3, -0.25) is 0 Å². The quantitative estimate of drug-likeness (QED) is 0.847. The summed E-state index contributed by atoms with van der Waals surface area (Å²) in [6.45, 7) is 8.86. The van der Waals surface area contributed by atoms with Crippen molar-refractivity contribution in [2.45, 2.75) is 33.9 Å². The molecule has 0 saturated carbocycles. The molecule has 1 N–H and O–H groups in total. The highest BCUT2D eigenvalue weighted by molar-refractivity contribution is 5.00. The van der Waals surface area contributed by atoms with Crippen LogP contribution in [0, 0.1) is 12.8 Å². The molecule has 0 amide bonds. The van der Waals surface area contributed by atoms with Crippen LogP contribution in [0.25, 0.3) is 0 Å². The largest absolute Gasteiger partial charge is 0.329 e. The summed E-state index contributed by atoms with van der Waals surface area (Å²) >= 11 is 0. The minimum atomic E-state index is 0.656. The second kappa shape index (κ2) is 5.97. The van der Waals surface area contributed by atoms with Crippen molar-refractivity contribution in [1.29, 1.82) is 0 Å². The van der Waals surface area contributed by atoms with Crippen LogP contribution in [0.1, 0.15) is 31.2 Å². The molecule has 0 bridgehead atoms. The molecule has 2 rings (SSSR count). The zero-order chi connectivity index (χ0) is 13.8. The number of nitrogens with one attached hydrogen (secondary N) is 1. The van der Waals surface area contributed by atoms with E-state index < -0.39 is 0 Å². The van der Waals surface area contributed by atoms with Crippen molar-refractivity contribution in [3.05, 3.63) is 29.9 Å². The van der Waals surface area contributed by atoms with Crippen LogP contribution >= 0.6 is 0 Å². The molecular weight excluding hydrogens is 240 g/mol. The van der Waals surface area contributed by atoms with Crippen molar-refractivity contribution in [2.24, 2.45) is 13.0 Å². The highest BCUT2D eigenvalue weighted by Gasteiger charge is 2.06. The topological polar surface area (TPSA) is 60.6 Å². The Kier molecular flexibility index (Phi) is 4.31. The predicted molar refractivity (Wildman–Crippen MR) is 73.6 cm³/mol. The van der Waals surface area contributed by atoms with Gasteiger partial charge in [-0.05, 0) is 19.4 Å². The summed E-state index contributed by atoms with van der Waals surface area (Å²) < 4.78 is 4.03.